The van der Waals surface area contributed by atoms with Gasteiger partial charge in [0.05, 0.1) is 11.6 Å². The van der Waals surface area contributed by atoms with Gasteiger partial charge in [0.25, 0.3) is 0 Å². The van der Waals surface area contributed by atoms with Crippen LogP contribution in [0.15, 0.2) is 18.2 Å². The molecule has 1 aromatic rings. The number of carbonyl (C=O) groups excluding carboxylic acids is 1. The number of aldehydes is 1. The van der Waals surface area contributed by atoms with Gasteiger partial charge in [-0.3, -0.25) is 0 Å². The monoisotopic (exact) mass is 165 g/mol. The third-order valence-electron chi connectivity index (χ3n) is 2.11. The lowest BCUT2D eigenvalue weighted by atomic mass is 10.0. The minimum absolute atomic E-state index is 0.185. The van der Waals surface area contributed by atoms with Crippen molar-refractivity contribution in [2.24, 2.45) is 0 Å². The summed E-state index contributed by atoms with van der Waals surface area (Å²) in [6.07, 6.45) is 0.846. The van der Waals surface area contributed by atoms with Gasteiger partial charge in [-0.1, -0.05) is 12.1 Å². The van der Waals surface area contributed by atoms with Gasteiger partial charge in [0.2, 0.25) is 0 Å². The number of halogens is 1. The van der Waals surface area contributed by atoms with Gasteiger partial charge in [0.15, 0.2) is 0 Å². The molecule has 3 heteroatoms. The topological polar surface area (TPSA) is 29.1 Å². The minimum Gasteiger partial charge on any atom is -0.381 e. The van der Waals surface area contributed by atoms with Crippen molar-refractivity contribution < 1.29 is 9.18 Å². The number of anilines is 1. The van der Waals surface area contributed by atoms with Gasteiger partial charge in [0.1, 0.15) is 12.1 Å². The third-order valence-corrected chi connectivity index (χ3v) is 2.11. The summed E-state index contributed by atoms with van der Waals surface area (Å²) in [4.78, 5) is 10.5. The summed E-state index contributed by atoms with van der Waals surface area (Å²) in [5, 5.41) is 2.86. The molecule has 2 nitrogen and oxygen atoms in total. The van der Waals surface area contributed by atoms with Crippen molar-refractivity contribution >= 4 is 12.0 Å². The maximum Gasteiger partial charge on any atom is 0.146 e. The van der Waals surface area contributed by atoms with E-state index in [0.717, 1.165) is 11.8 Å². The molecule has 2 rings (SSSR count). The Morgan fingerprint density at radius 2 is 2.42 bits per heavy atom. The van der Waals surface area contributed by atoms with Crippen LogP contribution >= 0.6 is 0 Å². The molecule has 1 N–H and O–H groups in total. The van der Waals surface area contributed by atoms with Crippen LogP contribution < -0.4 is 5.32 Å². The maximum atomic E-state index is 13.0. The van der Waals surface area contributed by atoms with Crippen molar-refractivity contribution in [2.45, 2.75) is 5.92 Å². The molecule has 0 saturated heterocycles. The van der Waals surface area contributed by atoms with Gasteiger partial charge in [-0.05, 0) is 11.6 Å². The van der Waals surface area contributed by atoms with Crippen molar-refractivity contribution in [1.82, 2.24) is 0 Å². The summed E-state index contributed by atoms with van der Waals surface area (Å²) in [5.41, 5.74) is 1.25. The number of benzene rings is 1. The second-order valence-corrected chi connectivity index (χ2v) is 2.83. The van der Waals surface area contributed by atoms with Gasteiger partial charge in [-0.25, -0.2) is 4.39 Å². The van der Waals surface area contributed by atoms with E-state index >= 15 is 0 Å². The number of rotatable bonds is 1. The van der Waals surface area contributed by atoms with Gasteiger partial charge in [-0.2, -0.15) is 0 Å². The van der Waals surface area contributed by atoms with E-state index in [4.69, 9.17) is 0 Å². The highest BCUT2D eigenvalue weighted by Crippen LogP contribution is 2.31. The Morgan fingerprint density at radius 1 is 1.58 bits per heavy atom. The lowest BCUT2D eigenvalue weighted by molar-refractivity contribution is -0.108. The van der Waals surface area contributed by atoms with E-state index in [0.29, 0.717) is 12.2 Å². The van der Waals surface area contributed by atoms with Crippen LogP contribution in [0.1, 0.15) is 11.5 Å². The lowest BCUT2D eigenvalue weighted by Gasteiger charge is -2.00. The SMILES string of the molecule is O=CC1CNc2c(F)cccc21. The van der Waals surface area contributed by atoms with E-state index in [1.54, 1.807) is 12.1 Å². The van der Waals surface area contributed by atoms with Crippen LogP contribution in [0.5, 0.6) is 0 Å². The van der Waals surface area contributed by atoms with Crippen molar-refractivity contribution in [2.75, 3.05) is 11.9 Å². The Labute approximate surface area is 69.4 Å². The molecular formula is C9H8FNO. The Bertz CT molecular complexity index is 324. The van der Waals surface area contributed by atoms with E-state index in [1.807, 2.05) is 0 Å². The van der Waals surface area contributed by atoms with Crippen LogP contribution in [0, 0.1) is 5.82 Å². The highest BCUT2D eigenvalue weighted by Gasteiger charge is 2.23. The quantitative estimate of drug-likeness (QED) is 0.639. The van der Waals surface area contributed by atoms with E-state index < -0.39 is 0 Å². The molecule has 12 heavy (non-hydrogen) atoms. The van der Waals surface area contributed by atoms with Crippen LogP contribution in [-0.4, -0.2) is 12.8 Å². The fraction of sp³-hybridized carbons (Fsp3) is 0.222. The van der Waals surface area contributed by atoms with Crippen molar-refractivity contribution in [3.05, 3.63) is 29.6 Å². The Balaban J connectivity index is 2.52. The highest BCUT2D eigenvalue weighted by molar-refractivity contribution is 5.73. The molecule has 0 spiro atoms. The van der Waals surface area contributed by atoms with Crippen molar-refractivity contribution in [1.29, 1.82) is 0 Å². The fourth-order valence-corrected chi connectivity index (χ4v) is 1.48. The van der Waals surface area contributed by atoms with Crippen molar-refractivity contribution in [3.8, 4) is 0 Å². The molecule has 62 valence electrons. The number of para-hydroxylation sites is 1. The lowest BCUT2D eigenvalue weighted by Crippen LogP contribution is -2.02. The Morgan fingerprint density at radius 3 is 3.17 bits per heavy atom. The van der Waals surface area contributed by atoms with E-state index in [1.165, 1.54) is 6.07 Å². The summed E-state index contributed by atoms with van der Waals surface area (Å²) in [6, 6.07) is 4.79. The molecule has 0 fully saturated rings. The normalized spacial score (nSPS) is 19.9. The summed E-state index contributed by atoms with van der Waals surface area (Å²) in [5.74, 6) is -0.465. The predicted molar refractivity (Wildman–Crippen MR) is 43.7 cm³/mol. The predicted octanol–water partition coefficient (Wildman–Crippen LogP) is 1.53. The summed E-state index contributed by atoms with van der Waals surface area (Å²) < 4.78 is 13.0. The first-order chi connectivity index (χ1) is 5.83. The van der Waals surface area contributed by atoms with E-state index in [9.17, 15) is 9.18 Å². The first-order valence-corrected chi connectivity index (χ1v) is 3.80. The summed E-state index contributed by atoms with van der Waals surface area (Å²) in [7, 11) is 0. The smallest absolute Gasteiger partial charge is 0.146 e. The van der Waals surface area contributed by atoms with Crippen LogP contribution in [0.3, 0.4) is 0 Å². The molecule has 1 unspecified atom stereocenters. The molecule has 1 heterocycles. The molecule has 0 saturated carbocycles. The average molecular weight is 165 g/mol. The molecule has 1 aromatic carbocycles. The standard InChI is InChI=1S/C9H8FNO/c10-8-3-1-2-7-6(5-12)4-11-9(7)8/h1-3,5-6,11H,4H2. The Hall–Kier alpha value is -1.38. The first kappa shape index (κ1) is 7.28. The Kier molecular flexibility index (Phi) is 1.57. The van der Waals surface area contributed by atoms with E-state index in [2.05, 4.69) is 5.32 Å². The molecule has 0 radical (unpaired) electrons. The van der Waals surface area contributed by atoms with Crippen molar-refractivity contribution in [3.63, 3.8) is 0 Å². The zero-order chi connectivity index (χ0) is 8.55. The minimum atomic E-state index is -0.281. The van der Waals surface area contributed by atoms with Crippen LogP contribution in [0.25, 0.3) is 0 Å². The first-order valence-electron chi connectivity index (χ1n) is 3.80. The number of carbonyl (C=O) groups is 1. The molecule has 1 aliphatic heterocycles. The number of hydrogen-bond donors (Lipinski definition) is 1. The second-order valence-electron chi connectivity index (χ2n) is 2.83. The molecule has 0 aromatic heterocycles. The largest absolute Gasteiger partial charge is 0.381 e. The van der Waals surface area contributed by atoms with Crippen LogP contribution in [0.4, 0.5) is 10.1 Å². The number of fused-ring (bicyclic) bond motifs is 1. The van der Waals surface area contributed by atoms with Crippen LogP contribution in [0.2, 0.25) is 0 Å². The highest BCUT2D eigenvalue weighted by atomic mass is 19.1. The fourth-order valence-electron chi connectivity index (χ4n) is 1.48. The van der Waals surface area contributed by atoms with Gasteiger partial charge in [0, 0.05) is 6.54 Å². The maximum absolute atomic E-state index is 13.0. The summed E-state index contributed by atoms with van der Waals surface area (Å²) in [6.45, 7) is 0.514. The van der Waals surface area contributed by atoms with Crippen LogP contribution in [-0.2, 0) is 4.79 Å². The van der Waals surface area contributed by atoms with Gasteiger partial charge in [-0.15, -0.1) is 0 Å². The molecule has 0 aliphatic carbocycles. The zero-order valence-corrected chi connectivity index (χ0v) is 6.38. The molecule has 1 aliphatic rings. The van der Waals surface area contributed by atoms with E-state index in [-0.39, 0.29) is 11.7 Å². The molecular weight excluding hydrogens is 157 g/mol. The number of nitrogens with one attached hydrogen (secondary N) is 1. The number of hydrogen-bond acceptors (Lipinski definition) is 2. The molecule has 1 atom stereocenters. The van der Waals surface area contributed by atoms with Gasteiger partial charge < -0.3 is 10.1 Å². The third kappa shape index (κ3) is 0.897. The van der Waals surface area contributed by atoms with Gasteiger partial charge >= 0.3 is 0 Å². The zero-order valence-electron chi connectivity index (χ0n) is 6.38. The molecule has 0 bridgehead atoms. The molecule has 0 amide bonds. The second kappa shape index (κ2) is 2.59. The summed E-state index contributed by atoms with van der Waals surface area (Å²) >= 11 is 0. The average Bonchev–Trinajstić information content (AvgIpc) is 2.49.